The quantitative estimate of drug-likeness (QED) is 0.819. The summed E-state index contributed by atoms with van der Waals surface area (Å²) in [5, 5.41) is 0. The summed E-state index contributed by atoms with van der Waals surface area (Å²) in [6.07, 6.45) is 1.80. The lowest BCUT2D eigenvalue weighted by Crippen LogP contribution is -2.53. The van der Waals surface area contributed by atoms with Gasteiger partial charge in [-0.25, -0.2) is 4.79 Å². The van der Waals surface area contributed by atoms with E-state index >= 15 is 0 Å². The van der Waals surface area contributed by atoms with E-state index in [4.69, 9.17) is 9.47 Å². The van der Waals surface area contributed by atoms with Crippen LogP contribution in [0.1, 0.15) is 23.2 Å². The molecule has 1 atom stereocenters. The van der Waals surface area contributed by atoms with Gasteiger partial charge in [-0.1, -0.05) is 12.1 Å². The highest BCUT2D eigenvalue weighted by molar-refractivity contribution is 5.97. The molecule has 0 saturated carbocycles. The number of methoxy groups -OCH3 is 1. The molecule has 3 aliphatic heterocycles. The lowest BCUT2D eigenvalue weighted by molar-refractivity contribution is 0.0504. The molecule has 3 fully saturated rings. The molecule has 3 amide bonds. The number of nitrogens with zero attached hydrogens (tertiary/aromatic N) is 3. The Labute approximate surface area is 153 Å². The predicted octanol–water partition coefficient (Wildman–Crippen LogP) is 1.44. The van der Waals surface area contributed by atoms with Crippen LogP contribution in [-0.4, -0.2) is 85.2 Å². The molecule has 0 aliphatic carbocycles. The maximum atomic E-state index is 12.9. The van der Waals surface area contributed by atoms with Crippen LogP contribution >= 0.6 is 0 Å². The third-order valence-electron chi connectivity index (χ3n) is 5.64. The molecular formula is C19H25N3O4. The van der Waals surface area contributed by atoms with Crippen LogP contribution in [0.3, 0.4) is 0 Å². The first-order valence-electron chi connectivity index (χ1n) is 9.26. The van der Waals surface area contributed by atoms with Gasteiger partial charge >= 0.3 is 6.03 Å². The summed E-state index contributed by atoms with van der Waals surface area (Å²) in [5.74, 6) is 0.560. The van der Waals surface area contributed by atoms with Crippen molar-refractivity contribution in [3.63, 3.8) is 0 Å². The molecule has 140 valence electrons. The van der Waals surface area contributed by atoms with Crippen LogP contribution in [0.4, 0.5) is 4.79 Å². The van der Waals surface area contributed by atoms with E-state index in [-0.39, 0.29) is 24.0 Å². The van der Waals surface area contributed by atoms with Gasteiger partial charge in [0.1, 0.15) is 5.75 Å². The van der Waals surface area contributed by atoms with Gasteiger partial charge in [-0.2, -0.15) is 0 Å². The van der Waals surface area contributed by atoms with Crippen molar-refractivity contribution in [1.82, 2.24) is 14.7 Å². The summed E-state index contributed by atoms with van der Waals surface area (Å²) < 4.78 is 10.7. The molecule has 26 heavy (non-hydrogen) atoms. The van der Waals surface area contributed by atoms with E-state index in [1.807, 2.05) is 26.8 Å². The molecule has 0 radical (unpaired) electrons. The minimum Gasteiger partial charge on any atom is -0.496 e. The number of ether oxygens (including phenoxy) is 2. The summed E-state index contributed by atoms with van der Waals surface area (Å²) in [6, 6.07) is 7.74. The first-order valence-corrected chi connectivity index (χ1v) is 9.26. The molecule has 7 heteroatoms. The number of carbonyl (C=O) groups is 2. The Kier molecular flexibility index (Phi) is 4.72. The van der Waals surface area contributed by atoms with E-state index in [1.54, 1.807) is 19.2 Å². The number of amides is 3. The molecule has 0 unspecified atom stereocenters. The standard InChI is InChI=1S/C19H25N3O4/c1-25-17-5-3-2-4-16(17)18(23)20-8-9-21-15(12-20)13-22(19(21)24)14-6-10-26-11-7-14/h2-5,14-15H,6-13H2,1H3/t15-/m1/s1. The summed E-state index contributed by atoms with van der Waals surface area (Å²) >= 11 is 0. The van der Waals surface area contributed by atoms with Gasteiger partial charge in [-0.3, -0.25) is 4.79 Å². The SMILES string of the molecule is COc1ccccc1C(=O)N1CCN2C(=O)N(C3CCOCC3)C[C@H]2C1. The van der Waals surface area contributed by atoms with Crippen LogP contribution in [0.15, 0.2) is 24.3 Å². The Morgan fingerprint density at radius 3 is 2.62 bits per heavy atom. The maximum absolute atomic E-state index is 12.9. The molecular weight excluding hydrogens is 334 g/mol. The van der Waals surface area contributed by atoms with Gasteiger partial charge < -0.3 is 24.2 Å². The van der Waals surface area contributed by atoms with Crippen LogP contribution in [0.2, 0.25) is 0 Å². The second-order valence-corrected chi connectivity index (χ2v) is 7.08. The highest BCUT2D eigenvalue weighted by Gasteiger charge is 2.44. The molecule has 3 aliphatic rings. The Morgan fingerprint density at radius 2 is 1.85 bits per heavy atom. The van der Waals surface area contributed by atoms with Gasteiger partial charge in [0.05, 0.1) is 18.7 Å². The third kappa shape index (κ3) is 3.00. The summed E-state index contributed by atoms with van der Waals surface area (Å²) in [7, 11) is 1.57. The zero-order valence-corrected chi connectivity index (χ0v) is 15.1. The van der Waals surface area contributed by atoms with Crippen LogP contribution in [-0.2, 0) is 4.74 Å². The minimum atomic E-state index is -0.0286. The van der Waals surface area contributed by atoms with Crippen molar-refractivity contribution in [2.45, 2.75) is 24.9 Å². The fourth-order valence-electron chi connectivity index (χ4n) is 4.21. The van der Waals surface area contributed by atoms with Crippen molar-refractivity contribution >= 4 is 11.9 Å². The lowest BCUT2D eigenvalue weighted by atomic mass is 10.1. The average Bonchev–Trinajstić information content (AvgIpc) is 3.04. The topological polar surface area (TPSA) is 62.3 Å². The molecule has 0 N–H and O–H groups in total. The molecule has 7 nitrogen and oxygen atoms in total. The van der Waals surface area contributed by atoms with E-state index in [9.17, 15) is 9.59 Å². The second kappa shape index (κ2) is 7.15. The number of hydrogen-bond donors (Lipinski definition) is 0. The molecule has 1 aromatic carbocycles. The highest BCUT2D eigenvalue weighted by atomic mass is 16.5. The van der Waals surface area contributed by atoms with Crippen molar-refractivity contribution in [3.05, 3.63) is 29.8 Å². The number of para-hydroxylation sites is 1. The molecule has 0 bridgehead atoms. The van der Waals surface area contributed by atoms with Gasteiger partial charge in [-0.05, 0) is 25.0 Å². The lowest BCUT2D eigenvalue weighted by Gasteiger charge is -2.36. The molecule has 0 aromatic heterocycles. The molecule has 0 spiro atoms. The minimum absolute atomic E-state index is 0.0286. The molecule has 4 rings (SSSR count). The number of hydrogen-bond acceptors (Lipinski definition) is 4. The van der Waals surface area contributed by atoms with Crippen LogP contribution in [0.5, 0.6) is 5.75 Å². The van der Waals surface area contributed by atoms with Gasteiger partial charge in [0, 0.05) is 45.4 Å². The Balaban J connectivity index is 1.46. The van der Waals surface area contributed by atoms with Gasteiger partial charge in [0.25, 0.3) is 5.91 Å². The largest absolute Gasteiger partial charge is 0.496 e. The number of fused-ring (bicyclic) bond motifs is 1. The van der Waals surface area contributed by atoms with Crippen LogP contribution < -0.4 is 4.74 Å². The number of carbonyl (C=O) groups excluding carboxylic acids is 2. The van der Waals surface area contributed by atoms with Crippen molar-refractivity contribution < 1.29 is 19.1 Å². The maximum Gasteiger partial charge on any atom is 0.320 e. The van der Waals surface area contributed by atoms with Crippen molar-refractivity contribution in [1.29, 1.82) is 0 Å². The number of benzene rings is 1. The van der Waals surface area contributed by atoms with Crippen molar-refractivity contribution in [2.75, 3.05) is 46.5 Å². The molecule has 1 aromatic rings. The Morgan fingerprint density at radius 1 is 1.08 bits per heavy atom. The number of piperazine rings is 1. The Bertz CT molecular complexity index is 689. The number of urea groups is 1. The average molecular weight is 359 g/mol. The van der Waals surface area contributed by atoms with E-state index in [2.05, 4.69) is 0 Å². The van der Waals surface area contributed by atoms with E-state index in [0.29, 0.717) is 37.5 Å². The molecule has 3 heterocycles. The second-order valence-electron chi connectivity index (χ2n) is 7.08. The fraction of sp³-hybridized carbons (Fsp3) is 0.579. The molecule has 3 saturated heterocycles. The highest BCUT2D eigenvalue weighted by Crippen LogP contribution is 2.28. The fourth-order valence-corrected chi connectivity index (χ4v) is 4.21. The predicted molar refractivity (Wildman–Crippen MR) is 95.3 cm³/mol. The Hall–Kier alpha value is -2.28. The van der Waals surface area contributed by atoms with Gasteiger partial charge in [0.15, 0.2) is 0 Å². The zero-order valence-electron chi connectivity index (χ0n) is 15.1. The number of rotatable bonds is 3. The normalized spacial score (nSPS) is 24.0. The van der Waals surface area contributed by atoms with Crippen LogP contribution in [0, 0.1) is 0 Å². The zero-order chi connectivity index (χ0) is 18.1. The van der Waals surface area contributed by atoms with Gasteiger partial charge in [-0.15, -0.1) is 0 Å². The summed E-state index contributed by atoms with van der Waals surface area (Å²) in [6.45, 7) is 3.85. The van der Waals surface area contributed by atoms with Crippen LogP contribution in [0.25, 0.3) is 0 Å². The van der Waals surface area contributed by atoms with Crippen molar-refractivity contribution in [2.24, 2.45) is 0 Å². The van der Waals surface area contributed by atoms with E-state index < -0.39 is 0 Å². The summed E-state index contributed by atoms with van der Waals surface area (Å²) in [4.78, 5) is 31.5. The third-order valence-corrected chi connectivity index (χ3v) is 5.64. The van der Waals surface area contributed by atoms with Gasteiger partial charge in [0.2, 0.25) is 0 Å². The first-order chi connectivity index (χ1) is 12.7. The van der Waals surface area contributed by atoms with Crippen molar-refractivity contribution in [3.8, 4) is 5.75 Å². The first kappa shape index (κ1) is 17.1. The summed E-state index contributed by atoms with van der Waals surface area (Å²) in [5.41, 5.74) is 0.578. The monoisotopic (exact) mass is 359 g/mol. The smallest absolute Gasteiger partial charge is 0.320 e. The van der Waals surface area contributed by atoms with E-state index in [0.717, 1.165) is 26.1 Å². The van der Waals surface area contributed by atoms with E-state index in [1.165, 1.54) is 0 Å².